The van der Waals surface area contributed by atoms with Gasteiger partial charge in [0.05, 0.1) is 11.4 Å². The summed E-state index contributed by atoms with van der Waals surface area (Å²) in [4.78, 5) is 21.8. The molecule has 4 N–H and O–H groups in total. The van der Waals surface area contributed by atoms with Crippen LogP contribution < -0.4 is 29.6 Å². The summed E-state index contributed by atoms with van der Waals surface area (Å²) in [6.45, 7) is 0. The van der Waals surface area contributed by atoms with Crippen molar-refractivity contribution in [3.8, 4) is 11.5 Å². The molecule has 0 aromatic heterocycles. The van der Waals surface area contributed by atoms with Gasteiger partial charge in [-0.1, -0.05) is 0 Å². The first kappa shape index (κ1) is 18.6. The van der Waals surface area contributed by atoms with E-state index in [1.54, 1.807) is 0 Å². The second-order valence-electron chi connectivity index (χ2n) is 4.21. The Morgan fingerprint density at radius 1 is 0.783 bits per heavy atom. The second-order valence-corrected chi connectivity index (χ2v) is 4.21. The van der Waals surface area contributed by atoms with Gasteiger partial charge in [0, 0.05) is 0 Å². The standard InChI is InChI=1S/C14H10N2O6.Na.H/c17-11-3-1-7(5-9(11)13(19)20)15-16-8-2-4-12(18)10(6-8)14(21)22;;/h1-6,17-18H,(H,19,20)(H,21,22);;/q;+1;-1. The predicted octanol–water partition coefficient (Wildman–Crippen LogP) is 0.0261. The van der Waals surface area contributed by atoms with Crippen molar-refractivity contribution in [3.05, 3.63) is 47.5 Å². The summed E-state index contributed by atoms with van der Waals surface area (Å²) in [5.74, 6) is -3.42. The molecule has 114 valence electrons. The summed E-state index contributed by atoms with van der Waals surface area (Å²) in [5.41, 5.74) is -0.318. The molecule has 0 amide bonds. The third-order valence-electron chi connectivity index (χ3n) is 2.70. The largest absolute Gasteiger partial charge is 1.00 e. The van der Waals surface area contributed by atoms with Gasteiger partial charge in [0.2, 0.25) is 0 Å². The van der Waals surface area contributed by atoms with E-state index in [1.807, 2.05) is 0 Å². The number of phenols is 2. The number of carboxylic acids is 2. The molecule has 2 rings (SSSR count). The molecule has 0 aliphatic heterocycles. The molecule has 2 aromatic carbocycles. The fraction of sp³-hybridized carbons (Fsp3) is 0. The molecule has 0 aliphatic rings. The molecule has 0 heterocycles. The van der Waals surface area contributed by atoms with Gasteiger partial charge in [-0.25, -0.2) is 9.59 Å². The summed E-state index contributed by atoms with van der Waals surface area (Å²) in [6.07, 6.45) is 0. The molecular formula is C14H11N2NaO6. The maximum Gasteiger partial charge on any atom is 1.00 e. The Bertz CT molecular complexity index is 731. The minimum absolute atomic E-state index is 0. The number of aromatic carboxylic acids is 2. The van der Waals surface area contributed by atoms with Crippen molar-refractivity contribution in [1.82, 2.24) is 0 Å². The first-order valence-corrected chi connectivity index (χ1v) is 5.93. The molecule has 0 bridgehead atoms. The first-order valence-electron chi connectivity index (χ1n) is 5.93. The summed E-state index contributed by atoms with van der Waals surface area (Å²) in [7, 11) is 0. The van der Waals surface area contributed by atoms with Gasteiger partial charge in [0.15, 0.2) is 0 Å². The number of carbonyl (C=O) groups is 2. The Morgan fingerprint density at radius 3 is 1.43 bits per heavy atom. The summed E-state index contributed by atoms with van der Waals surface area (Å²) < 4.78 is 0. The van der Waals surface area contributed by atoms with E-state index in [-0.39, 0.29) is 53.5 Å². The number of nitrogens with zero attached hydrogens (tertiary/aromatic N) is 2. The van der Waals surface area contributed by atoms with Crippen LogP contribution >= 0.6 is 0 Å². The van der Waals surface area contributed by atoms with E-state index in [9.17, 15) is 19.8 Å². The van der Waals surface area contributed by atoms with Crippen LogP contribution in [0.2, 0.25) is 0 Å². The third-order valence-corrected chi connectivity index (χ3v) is 2.70. The Labute approximate surface area is 153 Å². The van der Waals surface area contributed by atoms with Crippen LogP contribution in [0.1, 0.15) is 22.1 Å². The van der Waals surface area contributed by atoms with Crippen LogP contribution in [0.15, 0.2) is 46.6 Å². The molecule has 8 nitrogen and oxygen atoms in total. The molecule has 0 aliphatic carbocycles. The van der Waals surface area contributed by atoms with Crippen LogP contribution in [-0.4, -0.2) is 32.4 Å². The third kappa shape index (κ3) is 4.52. The normalized spacial score (nSPS) is 10.3. The first-order chi connectivity index (χ1) is 10.4. The van der Waals surface area contributed by atoms with E-state index in [2.05, 4.69) is 10.2 Å². The van der Waals surface area contributed by atoms with Crippen LogP contribution in [-0.2, 0) is 0 Å². The Hall–Kier alpha value is -2.42. The molecule has 9 heteroatoms. The van der Waals surface area contributed by atoms with Gasteiger partial charge in [0.1, 0.15) is 22.6 Å². The molecule has 23 heavy (non-hydrogen) atoms. The maximum absolute atomic E-state index is 10.9. The van der Waals surface area contributed by atoms with Crippen molar-refractivity contribution in [2.45, 2.75) is 0 Å². The molecule has 0 atom stereocenters. The van der Waals surface area contributed by atoms with E-state index < -0.39 is 23.4 Å². The topological polar surface area (TPSA) is 140 Å². The number of azo groups is 1. The summed E-state index contributed by atoms with van der Waals surface area (Å²) >= 11 is 0. The molecule has 0 fully saturated rings. The van der Waals surface area contributed by atoms with Crippen molar-refractivity contribution in [2.75, 3.05) is 0 Å². The average Bonchev–Trinajstić information content (AvgIpc) is 2.47. The Kier molecular flexibility index (Phi) is 6.26. The van der Waals surface area contributed by atoms with Gasteiger partial charge in [-0.3, -0.25) is 0 Å². The van der Waals surface area contributed by atoms with Gasteiger partial charge in [-0.05, 0) is 36.4 Å². The van der Waals surface area contributed by atoms with Crippen molar-refractivity contribution in [3.63, 3.8) is 0 Å². The Morgan fingerprint density at radius 2 is 1.13 bits per heavy atom. The summed E-state index contributed by atoms with van der Waals surface area (Å²) in [6, 6.07) is 7.28. The quantitative estimate of drug-likeness (QED) is 0.461. The number of aromatic hydroxyl groups is 2. The molecule has 0 spiro atoms. The van der Waals surface area contributed by atoms with E-state index in [1.165, 1.54) is 12.1 Å². The van der Waals surface area contributed by atoms with Crippen LogP contribution in [0.3, 0.4) is 0 Å². The predicted molar refractivity (Wildman–Crippen MR) is 75.4 cm³/mol. The van der Waals surface area contributed by atoms with Gasteiger partial charge in [-0.2, -0.15) is 10.2 Å². The summed E-state index contributed by atoms with van der Waals surface area (Å²) in [5, 5.41) is 44.0. The van der Waals surface area contributed by atoms with Crippen molar-refractivity contribution >= 4 is 23.3 Å². The van der Waals surface area contributed by atoms with E-state index in [0.717, 1.165) is 24.3 Å². The fourth-order valence-electron chi connectivity index (χ4n) is 1.63. The molecule has 0 radical (unpaired) electrons. The number of rotatable bonds is 4. The molecule has 2 aromatic rings. The van der Waals surface area contributed by atoms with Gasteiger partial charge in [-0.15, -0.1) is 0 Å². The Balaban J connectivity index is 0.00000264. The fourth-order valence-corrected chi connectivity index (χ4v) is 1.63. The minimum atomic E-state index is -1.31. The van der Waals surface area contributed by atoms with Crippen LogP contribution in [0.5, 0.6) is 11.5 Å². The number of benzene rings is 2. The van der Waals surface area contributed by atoms with Gasteiger partial charge in [0.25, 0.3) is 0 Å². The van der Waals surface area contributed by atoms with E-state index in [4.69, 9.17) is 10.2 Å². The van der Waals surface area contributed by atoms with Gasteiger partial charge < -0.3 is 21.9 Å². The maximum atomic E-state index is 10.9. The van der Waals surface area contributed by atoms with Crippen molar-refractivity contribution in [1.29, 1.82) is 0 Å². The number of hydrogen-bond donors (Lipinski definition) is 4. The molecular weight excluding hydrogens is 315 g/mol. The zero-order valence-electron chi connectivity index (χ0n) is 13.0. The SMILES string of the molecule is O=C(O)c1cc(N=Nc2ccc(O)c(C(=O)O)c2)ccc1O.[H-].[Na+]. The van der Waals surface area contributed by atoms with Crippen LogP contribution in [0, 0.1) is 0 Å². The number of carboxylic acid groups (broad SMARTS) is 2. The molecule has 0 saturated heterocycles. The monoisotopic (exact) mass is 326 g/mol. The second kappa shape index (κ2) is 7.73. The van der Waals surface area contributed by atoms with Gasteiger partial charge >= 0.3 is 41.5 Å². The average molecular weight is 326 g/mol. The molecule has 0 unspecified atom stereocenters. The van der Waals surface area contributed by atoms with E-state index in [0.29, 0.717) is 0 Å². The van der Waals surface area contributed by atoms with E-state index >= 15 is 0 Å². The van der Waals surface area contributed by atoms with Crippen molar-refractivity contribution < 1.29 is 61.0 Å². The van der Waals surface area contributed by atoms with Crippen LogP contribution in [0.4, 0.5) is 11.4 Å². The van der Waals surface area contributed by atoms with Crippen molar-refractivity contribution in [2.24, 2.45) is 10.2 Å². The minimum Gasteiger partial charge on any atom is -1.00 e. The smallest absolute Gasteiger partial charge is 1.00 e. The van der Waals surface area contributed by atoms with Crippen LogP contribution in [0.25, 0.3) is 0 Å². The number of hydrogen-bond acceptors (Lipinski definition) is 6. The zero-order chi connectivity index (χ0) is 16.3. The molecule has 0 saturated carbocycles. The zero-order valence-corrected chi connectivity index (χ0v) is 14.0.